The topological polar surface area (TPSA) is 140 Å². The summed E-state index contributed by atoms with van der Waals surface area (Å²) in [5, 5.41) is 29.2. The number of aliphatic hydroxyl groups excluding tert-OH is 3. The highest BCUT2D eigenvalue weighted by Gasteiger charge is 2.44. The second kappa shape index (κ2) is 6.10. The summed E-state index contributed by atoms with van der Waals surface area (Å²) >= 11 is 0. The van der Waals surface area contributed by atoms with Crippen LogP contribution in [0.5, 0.6) is 0 Å². The number of imidazole rings is 1. The molecule has 2 aromatic heterocycles. The van der Waals surface area contributed by atoms with Gasteiger partial charge in [0.05, 0.1) is 12.9 Å². The number of anilines is 1. The van der Waals surface area contributed by atoms with Gasteiger partial charge in [-0.2, -0.15) is 0 Å². The molecule has 2 aromatic rings. The number of hydrogen-bond acceptors (Lipinski definition) is 8. The van der Waals surface area contributed by atoms with Gasteiger partial charge in [-0.25, -0.2) is 15.0 Å². The van der Waals surface area contributed by atoms with Gasteiger partial charge in [0.1, 0.15) is 23.8 Å². The lowest BCUT2D eigenvalue weighted by Gasteiger charge is -2.16. The van der Waals surface area contributed by atoms with E-state index in [0.717, 1.165) is 0 Å². The van der Waals surface area contributed by atoms with Crippen molar-refractivity contribution in [3.63, 3.8) is 0 Å². The molecule has 1 fully saturated rings. The molecular weight excluding hydrogens is 302 g/mol. The van der Waals surface area contributed by atoms with E-state index >= 15 is 0 Å². The zero-order valence-corrected chi connectivity index (χ0v) is 12.4. The molecule has 122 valence electrons. The molecule has 4 atom stereocenters. The molecule has 1 saturated heterocycles. The summed E-state index contributed by atoms with van der Waals surface area (Å²) in [4.78, 5) is 12.5. The van der Waals surface area contributed by atoms with Gasteiger partial charge in [-0.05, 0) is 5.92 Å². The second-order valence-corrected chi connectivity index (χ2v) is 5.14. The van der Waals surface area contributed by atoms with E-state index in [2.05, 4.69) is 26.8 Å². The molecule has 0 aromatic carbocycles. The first kappa shape index (κ1) is 15.6. The van der Waals surface area contributed by atoms with Crippen molar-refractivity contribution in [2.45, 2.75) is 37.9 Å². The number of nitrogens with zero attached hydrogens (tertiary/aromatic N) is 4. The molecule has 1 aliphatic heterocycles. The van der Waals surface area contributed by atoms with E-state index in [9.17, 15) is 15.3 Å². The smallest absolute Gasteiger partial charge is 0.208 e. The number of nitrogens with two attached hydrogens (primary N) is 1. The highest BCUT2D eigenvalue weighted by Crippen LogP contribution is 2.31. The third-order valence-electron chi connectivity index (χ3n) is 3.62. The second-order valence-electron chi connectivity index (χ2n) is 5.14. The van der Waals surface area contributed by atoms with Gasteiger partial charge in [0.2, 0.25) is 5.82 Å². The monoisotopic (exact) mass is 319 g/mol. The van der Waals surface area contributed by atoms with Crippen LogP contribution in [0.25, 0.3) is 11.2 Å². The lowest BCUT2D eigenvalue weighted by atomic mass is 10.1. The fourth-order valence-electron chi connectivity index (χ4n) is 2.46. The lowest BCUT2D eigenvalue weighted by molar-refractivity contribution is -0.0511. The Morgan fingerprint density at radius 3 is 2.78 bits per heavy atom. The van der Waals surface area contributed by atoms with Crippen LogP contribution in [0.15, 0.2) is 6.33 Å². The van der Waals surface area contributed by atoms with E-state index < -0.39 is 31.1 Å². The summed E-state index contributed by atoms with van der Waals surface area (Å²) in [6, 6.07) is 0. The van der Waals surface area contributed by atoms with Crippen molar-refractivity contribution in [3.05, 3.63) is 12.2 Å². The van der Waals surface area contributed by atoms with Gasteiger partial charge in [-0.15, -0.1) is 0 Å². The number of fused-ring (bicyclic) bond motifs is 1. The molecule has 1 aliphatic rings. The maximum absolute atomic E-state index is 10.1. The van der Waals surface area contributed by atoms with E-state index in [4.69, 9.17) is 10.5 Å². The molecule has 3 rings (SSSR count). The van der Waals surface area contributed by atoms with Gasteiger partial charge in [0.15, 0.2) is 17.7 Å². The van der Waals surface area contributed by atoms with Crippen LogP contribution in [0, 0.1) is 11.8 Å². The molecule has 0 amide bonds. The van der Waals surface area contributed by atoms with Gasteiger partial charge in [0.25, 0.3) is 0 Å². The Labute approximate surface area is 131 Å². The maximum Gasteiger partial charge on any atom is 0.208 e. The van der Waals surface area contributed by atoms with Crippen LogP contribution < -0.4 is 5.73 Å². The van der Waals surface area contributed by atoms with E-state index in [-0.39, 0.29) is 11.6 Å². The highest BCUT2D eigenvalue weighted by molar-refractivity contribution is 5.82. The Hall–Kier alpha value is -2.25. The average Bonchev–Trinajstić information content (AvgIpc) is 3.08. The minimum absolute atomic E-state index is 0.167. The van der Waals surface area contributed by atoms with Gasteiger partial charge in [-0.3, -0.25) is 4.57 Å². The molecule has 0 unspecified atom stereocenters. The van der Waals surface area contributed by atoms with Crippen molar-refractivity contribution in [3.8, 4) is 11.8 Å². The summed E-state index contributed by atoms with van der Waals surface area (Å²) < 4.78 is 6.94. The largest absolute Gasteiger partial charge is 0.394 e. The molecule has 0 spiro atoms. The number of ether oxygens (including phenoxy) is 1. The maximum atomic E-state index is 10.1. The predicted molar refractivity (Wildman–Crippen MR) is 79.9 cm³/mol. The van der Waals surface area contributed by atoms with E-state index in [1.807, 2.05) is 6.92 Å². The number of nitrogen functional groups attached to an aromatic ring is 1. The molecule has 5 N–H and O–H groups in total. The lowest BCUT2D eigenvalue weighted by Crippen LogP contribution is -2.33. The van der Waals surface area contributed by atoms with E-state index in [1.165, 1.54) is 10.9 Å². The zero-order chi connectivity index (χ0) is 16.6. The quantitative estimate of drug-likeness (QED) is 0.505. The molecule has 3 heterocycles. The molecular formula is C14H17N5O4. The molecule has 0 bridgehead atoms. The average molecular weight is 319 g/mol. The molecule has 23 heavy (non-hydrogen) atoms. The van der Waals surface area contributed by atoms with Crippen molar-refractivity contribution >= 4 is 17.0 Å². The van der Waals surface area contributed by atoms with Crippen molar-refractivity contribution in [1.82, 2.24) is 19.5 Å². The molecule has 9 heteroatoms. The Bertz CT molecular complexity index is 781. The summed E-state index contributed by atoms with van der Waals surface area (Å²) in [6.45, 7) is 1.49. The third-order valence-corrected chi connectivity index (χ3v) is 3.62. The Balaban J connectivity index is 2.06. The number of hydrogen-bond donors (Lipinski definition) is 4. The SMILES string of the molecule is CCC#Cc1nc(N)c2ncn([C@@H]3O[C@H](CO)[C@@H](O)[C@H]3O)c2n1. The Morgan fingerprint density at radius 1 is 1.35 bits per heavy atom. The number of rotatable bonds is 2. The van der Waals surface area contributed by atoms with Gasteiger partial charge < -0.3 is 25.8 Å². The van der Waals surface area contributed by atoms with Crippen LogP contribution in [0.3, 0.4) is 0 Å². The summed E-state index contributed by atoms with van der Waals surface area (Å²) in [7, 11) is 0. The number of aliphatic hydroxyl groups is 3. The first-order chi connectivity index (χ1) is 11.1. The van der Waals surface area contributed by atoms with Crippen LogP contribution in [-0.2, 0) is 4.74 Å². The summed E-state index contributed by atoms with van der Waals surface area (Å²) in [5.41, 5.74) is 6.56. The van der Waals surface area contributed by atoms with Crippen LogP contribution in [0.4, 0.5) is 5.82 Å². The normalized spacial score (nSPS) is 27.1. The van der Waals surface area contributed by atoms with Gasteiger partial charge in [0, 0.05) is 6.42 Å². The minimum Gasteiger partial charge on any atom is -0.394 e. The van der Waals surface area contributed by atoms with Crippen molar-refractivity contribution < 1.29 is 20.1 Å². The third kappa shape index (κ3) is 2.62. The fraction of sp³-hybridized carbons (Fsp3) is 0.500. The standard InChI is InChI=1S/C14H17N5O4/c1-2-3-4-8-17-12(15)9-13(18-8)19(6-16-9)14-11(22)10(21)7(5-20)23-14/h6-7,10-11,14,20-22H,2,5H2,1H3,(H2,15,17,18)/t7-,10-,11-,14-/m1/s1. The van der Waals surface area contributed by atoms with Gasteiger partial charge >= 0.3 is 0 Å². The fourth-order valence-corrected chi connectivity index (χ4v) is 2.46. The van der Waals surface area contributed by atoms with Crippen molar-refractivity contribution in [2.24, 2.45) is 0 Å². The van der Waals surface area contributed by atoms with Crippen molar-refractivity contribution in [1.29, 1.82) is 0 Å². The highest BCUT2D eigenvalue weighted by atomic mass is 16.6. The minimum atomic E-state index is -1.23. The van der Waals surface area contributed by atoms with Crippen LogP contribution in [-0.4, -0.2) is 59.8 Å². The summed E-state index contributed by atoms with van der Waals surface area (Å²) in [5.74, 6) is 6.05. The Morgan fingerprint density at radius 2 is 2.13 bits per heavy atom. The molecule has 0 aliphatic carbocycles. The van der Waals surface area contributed by atoms with Crippen molar-refractivity contribution in [2.75, 3.05) is 12.3 Å². The molecule has 0 saturated carbocycles. The number of aromatic nitrogens is 4. The van der Waals surface area contributed by atoms with Gasteiger partial charge in [-0.1, -0.05) is 12.8 Å². The Kier molecular flexibility index (Phi) is 4.14. The van der Waals surface area contributed by atoms with Crippen LogP contribution in [0.2, 0.25) is 0 Å². The predicted octanol–water partition coefficient (Wildman–Crippen LogP) is -1.22. The van der Waals surface area contributed by atoms with Crippen LogP contribution in [0.1, 0.15) is 25.4 Å². The first-order valence-electron chi connectivity index (χ1n) is 7.18. The molecule has 0 radical (unpaired) electrons. The molecule has 9 nitrogen and oxygen atoms in total. The van der Waals surface area contributed by atoms with E-state index in [1.54, 1.807) is 0 Å². The van der Waals surface area contributed by atoms with E-state index in [0.29, 0.717) is 17.6 Å². The summed E-state index contributed by atoms with van der Waals surface area (Å²) in [6.07, 6.45) is -2.21. The first-order valence-corrected chi connectivity index (χ1v) is 7.18. The zero-order valence-electron chi connectivity index (χ0n) is 12.4. The van der Waals surface area contributed by atoms with Crippen LogP contribution >= 0.6 is 0 Å².